The van der Waals surface area contributed by atoms with Gasteiger partial charge >= 0.3 is 12.1 Å². The number of amides is 1. The van der Waals surface area contributed by atoms with Gasteiger partial charge < -0.3 is 20.4 Å². The first-order chi connectivity index (χ1) is 8.61. The number of carboxylic acids is 1. The molecule has 5 N–H and O–H groups in total. The van der Waals surface area contributed by atoms with Crippen LogP contribution in [0.5, 0.6) is 0 Å². The number of hydrogen-bond acceptors (Lipinski definition) is 5. The van der Waals surface area contributed by atoms with E-state index in [9.17, 15) is 9.59 Å². The Labute approximate surface area is 105 Å². The number of piperazine rings is 1. The van der Waals surface area contributed by atoms with Crippen LogP contribution in [-0.4, -0.2) is 65.9 Å². The average molecular weight is 260 g/mol. The summed E-state index contributed by atoms with van der Waals surface area (Å²) in [5.74, 6) is -0.776. The van der Waals surface area contributed by atoms with Crippen LogP contribution in [0.4, 0.5) is 4.79 Å². The standard InChI is InChI=1S/2C5H10N2O2/c8-5(9)7-3-1-6-2-4-7;8-5(9)4-2-1-3-6-7-4/h6H,1-4H2,(H,8,9);4,6-7H,1-3H2,(H,8,9). The normalized spacial score (nSPS) is 23.8. The van der Waals surface area contributed by atoms with Crippen molar-refractivity contribution in [1.29, 1.82) is 0 Å². The van der Waals surface area contributed by atoms with Crippen LogP contribution in [0.1, 0.15) is 12.8 Å². The van der Waals surface area contributed by atoms with Crippen molar-refractivity contribution in [3.8, 4) is 0 Å². The molecule has 8 heteroatoms. The van der Waals surface area contributed by atoms with Crippen molar-refractivity contribution in [2.45, 2.75) is 18.9 Å². The summed E-state index contributed by atoms with van der Waals surface area (Å²) in [7, 11) is 0. The molecule has 0 bridgehead atoms. The van der Waals surface area contributed by atoms with E-state index in [2.05, 4.69) is 16.2 Å². The molecule has 104 valence electrons. The van der Waals surface area contributed by atoms with Crippen molar-refractivity contribution in [1.82, 2.24) is 21.1 Å². The molecule has 2 fully saturated rings. The summed E-state index contributed by atoms with van der Waals surface area (Å²) < 4.78 is 0. The third kappa shape index (κ3) is 5.30. The molecule has 2 aliphatic heterocycles. The van der Waals surface area contributed by atoms with Gasteiger partial charge in [0.05, 0.1) is 0 Å². The Morgan fingerprint density at radius 3 is 2.11 bits per heavy atom. The molecular formula is C10H20N4O4. The first kappa shape index (κ1) is 14.7. The van der Waals surface area contributed by atoms with Crippen molar-refractivity contribution in [3.63, 3.8) is 0 Å². The van der Waals surface area contributed by atoms with E-state index in [-0.39, 0.29) is 0 Å². The summed E-state index contributed by atoms with van der Waals surface area (Å²) >= 11 is 0. The Bertz CT molecular complexity index is 247. The Morgan fingerprint density at radius 2 is 1.78 bits per heavy atom. The first-order valence-electron chi connectivity index (χ1n) is 6.01. The molecule has 0 aromatic rings. The highest BCUT2D eigenvalue weighted by atomic mass is 16.4. The van der Waals surface area contributed by atoms with Crippen LogP contribution in [-0.2, 0) is 4.79 Å². The summed E-state index contributed by atoms with van der Waals surface area (Å²) in [5, 5.41) is 19.9. The first-order valence-corrected chi connectivity index (χ1v) is 6.01. The Morgan fingerprint density at radius 1 is 1.11 bits per heavy atom. The van der Waals surface area contributed by atoms with Gasteiger partial charge in [0.15, 0.2) is 0 Å². The second-order valence-corrected chi connectivity index (χ2v) is 4.12. The topological polar surface area (TPSA) is 114 Å². The van der Waals surface area contributed by atoms with E-state index in [0.29, 0.717) is 13.1 Å². The zero-order valence-electron chi connectivity index (χ0n) is 10.2. The molecule has 0 aliphatic carbocycles. The molecule has 2 saturated heterocycles. The zero-order chi connectivity index (χ0) is 13.4. The maximum Gasteiger partial charge on any atom is 0.407 e. The van der Waals surface area contributed by atoms with Gasteiger partial charge in [-0.25, -0.2) is 10.2 Å². The molecule has 1 unspecified atom stereocenters. The van der Waals surface area contributed by atoms with Crippen LogP contribution in [0.15, 0.2) is 0 Å². The molecule has 2 heterocycles. The number of hydrogen-bond donors (Lipinski definition) is 5. The smallest absolute Gasteiger partial charge is 0.407 e. The number of carbonyl (C=O) groups is 2. The number of nitrogens with one attached hydrogen (secondary N) is 3. The third-order valence-corrected chi connectivity index (χ3v) is 2.76. The lowest BCUT2D eigenvalue weighted by atomic mass is 10.1. The summed E-state index contributed by atoms with van der Waals surface area (Å²) in [6, 6.07) is -0.390. The van der Waals surface area contributed by atoms with Crippen molar-refractivity contribution in [2.75, 3.05) is 32.7 Å². The van der Waals surface area contributed by atoms with Gasteiger partial charge in [-0.1, -0.05) is 0 Å². The van der Waals surface area contributed by atoms with E-state index in [1.54, 1.807) is 0 Å². The van der Waals surface area contributed by atoms with E-state index < -0.39 is 18.1 Å². The number of aliphatic carboxylic acids is 1. The molecule has 0 radical (unpaired) electrons. The molecule has 0 aromatic carbocycles. The average Bonchev–Trinajstić information content (AvgIpc) is 2.41. The van der Waals surface area contributed by atoms with Gasteiger partial charge in [0.1, 0.15) is 6.04 Å². The fourth-order valence-electron chi connectivity index (χ4n) is 1.70. The van der Waals surface area contributed by atoms with Gasteiger partial charge in [-0.15, -0.1) is 0 Å². The predicted molar refractivity (Wildman–Crippen MR) is 64.3 cm³/mol. The van der Waals surface area contributed by atoms with E-state index in [4.69, 9.17) is 10.2 Å². The molecule has 1 amide bonds. The van der Waals surface area contributed by atoms with Gasteiger partial charge in [-0.2, -0.15) is 0 Å². The molecule has 8 nitrogen and oxygen atoms in total. The summed E-state index contributed by atoms with van der Waals surface area (Å²) in [6.45, 7) is 3.67. The van der Waals surface area contributed by atoms with Crippen LogP contribution in [0.3, 0.4) is 0 Å². The number of carboxylic acid groups (broad SMARTS) is 2. The molecular weight excluding hydrogens is 240 g/mol. The monoisotopic (exact) mass is 260 g/mol. The number of nitrogens with zero attached hydrogens (tertiary/aromatic N) is 1. The minimum Gasteiger partial charge on any atom is -0.480 e. The maximum absolute atomic E-state index is 10.3. The van der Waals surface area contributed by atoms with Crippen LogP contribution in [0, 0.1) is 0 Å². The Hall–Kier alpha value is -1.38. The largest absolute Gasteiger partial charge is 0.480 e. The second-order valence-electron chi connectivity index (χ2n) is 4.12. The summed E-state index contributed by atoms with van der Waals surface area (Å²) in [5.41, 5.74) is 5.45. The van der Waals surface area contributed by atoms with Crippen LogP contribution in [0.25, 0.3) is 0 Å². The fourth-order valence-corrected chi connectivity index (χ4v) is 1.70. The molecule has 2 aliphatic rings. The number of rotatable bonds is 1. The zero-order valence-corrected chi connectivity index (χ0v) is 10.2. The van der Waals surface area contributed by atoms with Gasteiger partial charge in [-0.05, 0) is 12.8 Å². The Balaban J connectivity index is 0.000000180. The van der Waals surface area contributed by atoms with E-state index >= 15 is 0 Å². The summed E-state index contributed by atoms with van der Waals surface area (Å²) in [6.07, 6.45) is 0.850. The molecule has 2 rings (SSSR count). The predicted octanol–water partition coefficient (Wildman–Crippen LogP) is -1.10. The molecule has 0 spiro atoms. The quantitative estimate of drug-likeness (QED) is 0.406. The van der Waals surface area contributed by atoms with E-state index in [1.807, 2.05) is 0 Å². The maximum atomic E-state index is 10.3. The molecule has 18 heavy (non-hydrogen) atoms. The highest BCUT2D eigenvalue weighted by Gasteiger charge is 2.18. The highest BCUT2D eigenvalue weighted by Crippen LogP contribution is 1.98. The fraction of sp³-hybridized carbons (Fsp3) is 0.800. The van der Waals surface area contributed by atoms with Crippen LogP contribution in [0.2, 0.25) is 0 Å². The van der Waals surface area contributed by atoms with E-state index in [0.717, 1.165) is 32.5 Å². The third-order valence-electron chi connectivity index (χ3n) is 2.76. The second kappa shape index (κ2) is 7.85. The molecule has 1 atom stereocenters. The van der Waals surface area contributed by atoms with Crippen molar-refractivity contribution < 1.29 is 19.8 Å². The highest BCUT2D eigenvalue weighted by molar-refractivity contribution is 5.73. The minimum atomic E-state index is -0.809. The SMILES string of the molecule is O=C(O)C1CCCNN1.O=C(O)N1CCNCC1. The van der Waals surface area contributed by atoms with Crippen molar-refractivity contribution >= 4 is 12.1 Å². The summed E-state index contributed by atoms with van der Waals surface area (Å²) in [4.78, 5) is 21.9. The van der Waals surface area contributed by atoms with Gasteiger partial charge in [-0.3, -0.25) is 10.2 Å². The lowest BCUT2D eigenvalue weighted by molar-refractivity contribution is -0.140. The molecule has 0 aromatic heterocycles. The lowest BCUT2D eigenvalue weighted by Gasteiger charge is -2.23. The Kier molecular flexibility index (Phi) is 6.40. The van der Waals surface area contributed by atoms with Crippen molar-refractivity contribution in [3.05, 3.63) is 0 Å². The number of hydrazine groups is 1. The van der Waals surface area contributed by atoms with Crippen LogP contribution < -0.4 is 16.2 Å². The van der Waals surface area contributed by atoms with E-state index in [1.165, 1.54) is 4.90 Å². The minimum absolute atomic E-state index is 0.390. The molecule has 0 saturated carbocycles. The lowest BCUT2D eigenvalue weighted by Crippen LogP contribution is -2.49. The van der Waals surface area contributed by atoms with Crippen molar-refractivity contribution in [2.24, 2.45) is 0 Å². The van der Waals surface area contributed by atoms with Crippen LogP contribution >= 0.6 is 0 Å². The van der Waals surface area contributed by atoms with Gasteiger partial charge in [0, 0.05) is 32.7 Å². The van der Waals surface area contributed by atoms with Gasteiger partial charge in [0.2, 0.25) is 0 Å². The van der Waals surface area contributed by atoms with Gasteiger partial charge in [0.25, 0.3) is 0 Å².